The van der Waals surface area contributed by atoms with E-state index in [0.717, 1.165) is 5.56 Å². The molecule has 0 bridgehead atoms. The summed E-state index contributed by atoms with van der Waals surface area (Å²) in [6, 6.07) is 9.33. The fourth-order valence-electron chi connectivity index (χ4n) is 1.14. The summed E-state index contributed by atoms with van der Waals surface area (Å²) >= 11 is 0. The molecule has 0 saturated carbocycles. The Morgan fingerprint density at radius 3 is 2.38 bits per heavy atom. The van der Waals surface area contributed by atoms with Crippen LogP contribution >= 0.6 is 0 Å². The highest BCUT2D eigenvalue weighted by atomic mass is 19.1. The average Bonchev–Trinajstić information content (AvgIpc) is 2.18. The number of rotatable bonds is 4. The average molecular weight is 184 g/mol. The standard InChI is InChI=1S/C11H14F2/c1-9(8-12)11(13)7-10-5-3-2-4-6-10/h2-6,9,11H,7-8H2,1H3. The van der Waals surface area contributed by atoms with Gasteiger partial charge in [-0.3, -0.25) is 4.39 Å². The summed E-state index contributed by atoms with van der Waals surface area (Å²) in [6.07, 6.45) is -0.765. The summed E-state index contributed by atoms with van der Waals surface area (Å²) in [5.41, 5.74) is 0.926. The van der Waals surface area contributed by atoms with Gasteiger partial charge in [0.05, 0.1) is 6.67 Å². The SMILES string of the molecule is CC(CF)C(F)Cc1ccccc1. The van der Waals surface area contributed by atoms with Crippen molar-refractivity contribution in [3.05, 3.63) is 35.9 Å². The van der Waals surface area contributed by atoms with E-state index in [0.29, 0.717) is 6.42 Å². The maximum atomic E-state index is 13.2. The molecule has 0 fully saturated rings. The predicted molar refractivity (Wildman–Crippen MR) is 50.2 cm³/mol. The zero-order valence-corrected chi connectivity index (χ0v) is 7.71. The van der Waals surface area contributed by atoms with E-state index < -0.39 is 18.8 Å². The van der Waals surface area contributed by atoms with Crippen LogP contribution in [-0.4, -0.2) is 12.8 Å². The van der Waals surface area contributed by atoms with Crippen molar-refractivity contribution < 1.29 is 8.78 Å². The minimum absolute atomic E-state index is 0.311. The van der Waals surface area contributed by atoms with Crippen LogP contribution in [0.4, 0.5) is 8.78 Å². The van der Waals surface area contributed by atoms with Crippen LogP contribution in [0.1, 0.15) is 12.5 Å². The molecule has 0 nitrogen and oxygen atoms in total. The Morgan fingerprint density at radius 2 is 1.85 bits per heavy atom. The fourth-order valence-corrected chi connectivity index (χ4v) is 1.14. The monoisotopic (exact) mass is 184 g/mol. The van der Waals surface area contributed by atoms with E-state index in [2.05, 4.69) is 0 Å². The molecule has 1 rings (SSSR count). The van der Waals surface area contributed by atoms with Gasteiger partial charge < -0.3 is 0 Å². The molecule has 0 aliphatic rings. The molecule has 0 radical (unpaired) electrons. The van der Waals surface area contributed by atoms with Crippen molar-refractivity contribution in [1.29, 1.82) is 0 Å². The van der Waals surface area contributed by atoms with Gasteiger partial charge in [-0.05, 0) is 5.56 Å². The lowest BCUT2D eigenvalue weighted by Crippen LogP contribution is -2.17. The van der Waals surface area contributed by atoms with Crippen LogP contribution in [0.2, 0.25) is 0 Å². The minimum atomic E-state index is -1.08. The number of hydrogen-bond donors (Lipinski definition) is 0. The summed E-state index contributed by atoms with van der Waals surface area (Å²) in [4.78, 5) is 0. The third-order valence-corrected chi connectivity index (χ3v) is 2.13. The van der Waals surface area contributed by atoms with Gasteiger partial charge in [-0.1, -0.05) is 37.3 Å². The van der Waals surface area contributed by atoms with Gasteiger partial charge in [0.2, 0.25) is 0 Å². The van der Waals surface area contributed by atoms with Crippen molar-refractivity contribution in [3.8, 4) is 0 Å². The van der Waals surface area contributed by atoms with E-state index in [4.69, 9.17) is 0 Å². The molecule has 13 heavy (non-hydrogen) atoms. The normalized spacial score (nSPS) is 15.3. The zero-order valence-electron chi connectivity index (χ0n) is 7.71. The maximum absolute atomic E-state index is 13.2. The smallest absolute Gasteiger partial charge is 0.109 e. The van der Waals surface area contributed by atoms with Gasteiger partial charge in [0.1, 0.15) is 6.17 Å². The van der Waals surface area contributed by atoms with E-state index in [-0.39, 0.29) is 0 Å². The van der Waals surface area contributed by atoms with Gasteiger partial charge in [-0.2, -0.15) is 0 Å². The van der Waals surface area contributed by atoms with Crippen molar-refractivity contribution in [2.45, 2.75) is 19.5 Å². The van der Waals surface area contributed by atoms with E-state index in [1.54, 1.807) is 6.92 Å². The highest BCUT2D eigenvalue weighted by molar-refractivity contribution is 5.15. The van der Waals surface area contributed by atoms with Gasteiger partial charge >= 0.3 is 0 Å². The predicted octanol–water partition coefficient (Wildman–Crippen LogP) is 3.17. The van der Waals surface area contributed by atoms with Crippen LogP contribution in [-0.2, 0) is 6.42 Å². The van der Waals surface area contributed by atoms with Crippen molar-refractivity contribution in [2.75, 3.05) is 6.67 Å². The van der Waals surface area contributed by atoms with E-state index in [1.807, 2.05) is 30.3 Å². The topological polar surface area (TPSA) is 0 Å². The first kappa shape index (κ1) is 10.2. The Bertz CT molecular complexity index is 233. The molecule has 72 valence electrons. The minimum Gasteiger partial charge on any atom is -0.251 e. The quantitative estimate of drug-likeness (QED) is 0.674. The Labute approximate surface area is 77.6 Å². The molecule has 1 aromatic carbocycles. The summed E-state index contributed by atoms with van der Waals surface area (Å²) < 4.78 is 25.3. The Hall–Kier alpha value is -0.920. The van der Waals surface area contributed by atoms with Crippen LogP contribution in [0.25, 0.3) is 0 Å². The molecular formula is C11H14F2. The molecule has 1 aromatic rings. The lowest BCUT2D eigenvalue weighted by molar-refractivity contribution is 0.204. The van der Waals surface area contributed by atoms with Crippen LogP contribution < -0.4 is 0 Å². The molecule has 0 aromatic heterocycles. The third-order valence-electron chi connectivity index (χ3n) is 2.13. The Kier molecular flexibility index (Phi) is 3.87. The first-order valence-corrected chi connectivity index (χ1v) is 4.48. The van der Waals surface area contributed by atoms with Gasteiger partial charge in [0, 0.05) is 12.3 Å². The Balaban J connectivity index is 2.50. The largest absolute Gasteiger partial charge is 0.251 e. The highest BCUT2D eigenvalue weighted by Gasteiger charge is 2.15. The Morgan fingerprint density at radius 1 is 1.23 bits per heavy atom. The molecule has 0 saturated heterocycles. The first-order valence-electron chi connectivity index (χ1n) is 4.48. The van der Waals surface area contributed by atoms with E-state index in [9.17, 15) is 8.78 Å². The molecule has 2 heteroatoms. The zero-order chi connectivity index (χ0) is 9.68. The van der Waals surface area contributed by atoms with Gasteiger partial charge in [-0.15, -0.1) is 0 Å². The fraction of sp³-hybridized carbons (Fsp3) is 0.455. The third kappa shape index (κ3) is 3.13. The molecule has 0 spiro atoms. The van der Waals surface area contributed by atoms with Crippen molar-refractivity contribution in [2.24, 2.45) is 5.92 Å². The lowest BCUT2D eigenvalue weighted by atomic mass is 10.0. The lowest BCUT2D eigenvalue weighted by Gasteiger charge is -2.12. The molecule has 0 aliphatic heterocycles. The number of halogens is 2. The summed E-state index contributed by atoms with van der Waals surface area (Å²) in [5.74, 6) is -0.500. The van der Waals surface area contributed by atoms with Crippen molar-refractivity contribution >= 4 is 0 Å². The van der Waals surface area contributed by atoms with Crippen LogP contribution in [0.5, 0.6) is 0 Å². The molecule has 2 unspecified atom stereocenters. The van der Waals surface area contributed by atoms with Crippen LogP contribution in [0.15, 0.2) is 30.3 Å². The van der Waals surface area contributed by atoms with Crippen LogP contribution in [0.3, 0.4) is 0 Å². The number of hydrogen-bond acceptors (Lipinski definition) is 0. The second-order valence-corrected chi connectivity index (χ2v) is 3.34. The molecule has 2 atom stereocenters. The maximum Gasteiger partial charge on any atom is 0.109 e. The van der Waals surface area contributed by atoms with Crippen LogP contribution in [0, 0.1) is 5.92 Å². The number of alkyl halides is 2. The summed E-state index contributed by atoms with van der Waals surface area (Å²) in [6.45, 7) is 1.00. The highest BCUT2D eigenvalue weighted by Crippen LogP contribution is 2.14. The van der Waals surface area contributed by atoms with Gasteiger partial charge in [0.25, 0.3) is 0 Å². The van der Waals surface area contributed by atoms with E-state index in [1.165, 1.54) is 0 Å². The molecule has 0 amide bonds. The van der Waals surface area contributed by atoms with Crippen molar-refractivity contribution in [1.82, 2.24) is 0 Å². The summed E-state index contributed by atoms with van der Waals surface area (Å²) in [5, 5.41) is 0. The molecule has 0 aliphatic carbocycles. The van der Waals surface area contributed by atoms with Crippen molar-refractivity contribution in [3.63, 3.8) is 0 Å². The number of benzene rings is 1. The molecule has 0 N–H and O–H groups in total. The second-order valence-electron chi connectivity index (χ2n) is 3.34. The van der Waals surface area contributed by atoms with Gasteiger partial charge in [0.15, 0.2) is 0 Å². The molecular weight excluding hydrogens is 170 g/mol. The van der Waals surface area contributed by atoms with E-state index >= 15 is 0 Å². The summed E-state index contributed by atoms with van der Waals surface area (Å²) in [7, 11) is 0. The second kappa shape index (κ2) is 4.95. The van der Waals surface area contributed by atoms with Gasteiger partial charge in [-0.25, -0.2) is 4.39 Å². The first-order chi connectivity index (χ1) is 6.24. The molecule has 0 heterocycles.